The molecule has 0 radical (unpaired) electrons. The van der Waals surface area contributed by atoms with Gasteiger partial charge in [-0.05, 0) is 12.1 Å². The summed E-state index contributed by atoms with van der Waals surface area (Å²) < 4.78 is 5.08. The van der Waals surface area contributed by atoms with Crippen LogP contribution in [0.25, 0.3) is 11.0 Å². The molecule has 4 heterocycles. The second-order valence-electron chi connectivity index (χ2n) is 5.78. The Kier molecular flexibility index (Phi) is 4.06. The molecule has 1 aliphatic heterocycles. The monoisotopic (exact) mass is 371 g/mol. The molecule has 26 heavy (non-hydrogen) atoms. The largest absolute Gasteiger partial charge is 0.382 e. The Morgan fingerprint density at radius 1 is 1.38 bits per heavy atom. The predicted octanol–water partition coefficient (Wildman–Crippen LogP) is 2.22. The van der Waals surface area contributed by atoms with Crippen molar-refractivity contribution in [1.82, 2.24) is 15.0 Å². The molecule has 0 fully saturated rings. The lowest BCUT2D eigenvalue weighted by Crippen LogP contribution is -2.42. The quantitative estimate of drug-likeness (QED) is 0.607. The van der Waals surface area contributed by atoms with Gasteiger partial charge in [0, 0.05) is 19.5 Å². The van der Waals surface area contributed by atoms with E-state index in [1.807, 2.05) is 0 Å². The maximum Gasteiger partial charge on any atom is 0.249 e. The van der Waals surface area contributed by atoms with Gasteiger partial charge in [-0.3, -0.25) is 14.6 Å². The molecule has 1 aliphatic rings. The number of carbonyl (C=O) groups is 2. The van der Waals surface area contributed by atoms with Crippen LogP contribution in [0, 0.1) is 0 Å². The van der Waals surface area contributed by atoms with E-state index in [1.165, 1.54) is 19.5 Å². The maximum atomic E-state index is 13.0. The number of ether oxygens (including phenoxy) is 1. The van der Waals surface area contributed by atoms with Crippen LogP contribution < -0.4 is 10.6 Å². The highest BCUT2D eigenvalue weighted by molar-refractivity contribution is 6.35. The fourth-order valence-corrected chi connectivity index (χ4v) is 3.15. The van der Waals surface area contributed by atoms with Crippen molar-refractivity contribution in [3.8, 4) is 0 Å². The average Bonchev–Trinajstić information content (AvgIpc) is 3.07. The Morgan fingerprint density at radius 2 is 2.23 bits per heavy atom. The number of hydrogen-bond donors (Lipinski definition) is 3. The Balaban J connectivity index is 1.86. The van der Waals surface area contributed by atoms with Crippen molar-refractivity contribution in [2.45, 2.75) is 6.04 Å². The van der Waals surface area contributed by atoms with Crippen LogP contribution in [0.5, 0.6) is 0 Å². The highest BCUT2D eigenvalue weighted by Crippen LogP contribution is 2.36. The van der Waals surface area contributed by atoms with Crippen molar-refractivity contribution < 1.29 is 14.3 Å². The smallest absolute Gasteiger partial charge is 0.249 e. The van der Waals surface area contributed by atoms with Crippen molar-refractivity contribution in [3.63, 3.8) is 0 Å². The molecule has 0 saturated carbocycles. The zero-order chi connectivity index (χ0) is 18.3. The zero-order valence-corrected chi connectivity index (χ0v) is 14.4. The van der Waals surface area contributed by atoms with E-state index in [1.54, 1.807) is 18.3 Å². The molecule has 0 aliphatic carbocycles. The lowest BCUT2D eigenvalue weighted by Gasteiger charge is -2.26. The number of amides is 1. The summed E-state index contributed by atoms with van der Waals surface area (Å²) in [5.74, 6) is -0.560. The number of nitrogens with zero attached hydrogens (tertiary/aromatic N) is 2. The molecule has 9 heteroatoms. The molecule has 8 nitrogen and oxygen atoms in total. The molecule has 4 rings (SSSR count). The number of aromatic nitrogens is 3. The van der Waals surface area contributed by atoms with Crippen molar-refractivity contribution in [2.75, 3.05) is 24.4 Å². The third-order valence-electron chi connectivity index (χ3n) is 4.15. The van der Waals surface area contributed by atoms with Crippen LogP contribution in [-0.2, 0) is 9.53 Å². The standard InChI is InChI=1S/C17H14ClN5O3/c1-26-7-11-17(25)23-10-6-21-16-12(14(10)22-11)8(5-20-16)15(24)13-9(18)3-2-4-19-13/h2-6,11,22H,7H2,1H3,(H,20,21)(H,23,25). The zero-order valence-electron chi connectivity index (χ0n) is 13.7. The molecule has 0 spiro atoms. The van der Waals surface area contributed by atoms with Crippen LogP contribution in [0.4, 0.5) is 11.4 Å². The minimum absolute atomic E-state index is 0.154. The number of halogens is 1. The number of H-pyrrole nitrogens is 1. The molecule has 0 saturated heterocycles. The third-order valence-corrected chi connectivity index (χ3v) is 4.45. The summed E-state index contributed by atoms with van der Waals surface area (Å²) in [5.41, 5.74) is 2.13. The second kappa shape index (κ2) is 6.40. The third kappa shape index (κ3) is 2.59. The van der Waals surface area contributed by atoms with Crippen molar-refractivity contribution in [3.05, 3.63) is 47.0 Å². The predicted molar refractivity (Wildman–Crippen MR) is 96.7 cm³/mol. The molecule has 1 unspecified atom stereocenters. The highest BCUT2D eigenvalue weighted by atomic mass is 35.5. The van der Waals surface area contributed by atoms with Crippen LogP contribution in [0.1, 0.15) is 16.1 Å². The molecule has 0 bridgehead atoms. The Morgan fingerprint density at radius 3 is 3.00 bits per heavy atom. The molecule has 3 aromatic rings. The minimum atomic E-state index is -0.575. The number of aromatic amines is 1. The fourth-order valence-electron chi connectivity index (χ4n) is 2.94. The number of ketones is 1. The van der Waals surface area contributed by atoms with Gasteiger partial charge in [0.1, 0.15) is 17.4 Å². The summed E-state index contributed by atoms with van der Waals surface area (Å²) in [5, 5.41) is 6.75. The van der Waals surface area contributed by atoms with Gasteiger partial charge in [0.25, 0.3) is 0 Å². The number of anilines is 2. The summed E-state index contributed by atoms with van der Waals surface area (Å²) in [6.45, 7) is 0.189. The first-order valence-corrected chi connectivity index (χ1v) is 8.19. The number of fused-ring (bicyclic) bond motifs is 3. The number of carbonyl (C=O) groups excluding carboxylic acids is 2. The SMILES string of the molecule is COCC1Nc2c(cnc3[nH]cc(C(=O)c4ncccc4Cl)c23)NC1=O. The Hall–Kier alpha value is -2.97. The Bertz CT molecular complexity index is 1030. The second-order valence-corrected chi connectivity index (χ2v) is 6.18. The highest BCUT2D eigenvalue weighted by Gasteiger charge is 2.30. The lowest BCUT2D eigenvalue weighted by molar-refractivity contribution is -0.118. The summed E-state index contributed by atoms with van der Waals surface area (Å²) in [4.78, 5) is 36.4. The van der Waals surface area contributed by atoms with Gasteiger partial charge >= 0.3 is 0 Å². The van der Waals surface area contributed by atoms with E-state index in [4.69, 9.17) is 16.3 Å². The molecule has 1 amide bonds. The molecule has 3 N–H and O–H groups in total. The molecule has 0 aromatic carbocycles. The Labute approximate surface area is 152 Å². The summed E-state index contributed by atoms with van der Waals surface area (Å²) >= 11 is 6.12. The van der Waals surface area contributed by atoms with Crippen LogP contribution in [0.3, 0.4) is 0 Å². The molecule has 132 valence electrons. The fraction of sp³-hybridized carbons (Fsp3) is 0.176. The normalized spacial score (nSPS) is 16.1. The van der Waals surface area contributed by atoms with Crippen LogP contribution in [0.15, 0.2) is 30.7 Å². The average molecular weight is 372 g/mol. The van der Waals surface area contributed by atoms with Crippen LogP contribution in [0.2, 0.25) is 5.02 Å². The van der Waals surface area contributed by atoms with Gasteiger partial charge in [-0.2, -0.15) is 0 Å². The van der Waals surface area contributed by atoms with Gasteiger partial charge in [0.2, 0.25) is 11.7 Å². The molecule has 1 atom stereocenters. The topological polar surface area (TPSA) is 109 Å². The number of hydrogen-bond acceptors (Lipinski definition) is 6. The van der Waals surface area contributed by atoms with Crippen LogP contribution >= 0.6 is 11.6 Å². The lowest BCUT2D eigenvalue weighted by atomic mass is 10.0. The minimum Gasteiger partial charge on any atom is -0.382 e. The number of pyridine rings is 2. The molecule has 3 aromatic heterocycles. The van der Waals surface area contributed by atoms with E-state index < -0.39 is 6.04 Å². The van der Waals surface area contributed by atoms with Gasteiger partial charge in [0.05, 0.1) is 40.2 Å². The molecular weight excluding hydrogens is 358 g/mol. The van der Waals surface area contributed by atoms with Crippen molar-refractivity contribution in [1.29, 1.82) is 0 Å². The maximum absolute atomic E-state index is 13.0. The first-order valence-electron chi connectivity index (χ1n) is 7.81. The van der Waals surface area contributed by atoms with Crippen LogP contribution in [-0.4, -0.2) is 46.4 Å². The summed E-state index contributed by atoms with van der Waals surface area (Å²) in [6, 6.07) is 2.69. The first kappa shape index (κ1) is 16.5. The van der Waals surface area contributed by atoms with E-state index in [0.29, 0.717) is 28.0 Å². The van der Waals surface area contributed by atoms with Crippen molar-refractivity contribution >= 4 is 45.7 Å². The summed E-state index contributed by atoms with van der Waals surface area (Å²) in [7, 11) is 1.51. The van der Waals surface area contributed by atoms with E-state index in [0.717, 1.165) is 0 Å². The van der Waals surface area contributed by atoms with Gasteiger partial charge in [0.15, 0.2) is 0 Å². The van der Waals surface area contributed by atoms with Gasteiger partial charge in [-0.15, -0.1) is 0 Å². The van der Waals surface area contributed by atoms with Gasteiger partial charge in [-0.1, -0.05) is 11.6 Å². The first-order chi connectivity index (χ1) is 12.6. The van der Waals surface area contributed by atoms with Gasteiger partial charge in [-0.25, -0.2) is 4.98 Å². The number of rotatable bonds is 4. The molecular formula is C17H14ClN5O3. The number of methoxy groups -OCH3 is 1. The van der Waals surface area contributed by atoms with E-state index >= 15 is 0 Å². The van der Waals surface area contributed by atoms with Gasteiger partial charge < -0.3 is 20.4 Å². The van der Waals surface area contributed by atoms with E-state index in [2.05, 4.69) is 25.6 Å². The van der Waals surface area contributed by atoms with E-state index in [9.17, 15) is 9.59 Å². The van der Waals surface area contributed by atoms with E-state index in [-0.39, 0.29) is 29.0 Å². The summed E-state index contributed by atoms with van der Waals surface area (Å²) in [6.07, 6.45) is 4.60. The van der Waals surface area contributed by atoms with Crippen molar-refractivity contribution in [2.24, 2.45) is 0 Å². The number of nitrogens with one attached hydrogen (secondary N) is 3.